The number of amides is 1. The Hall–Kier alpha value is -3.07. The van der Waals surface area contributed by atoms with E-state index in [-0.39, 0.29) is 17.8 Å². The Morgan fingerprint density at radius 1 is 1.19 bits per heavy atom. The first kappa shape index (κ1) is 21.2. The number of para-hydroxylation sites is 2. The molecule has 0 saturated carbocycles. The van der Waals surface area contributed by atoms with Gasteiger partial charge in [0.1, 0.15) is 6.61 Å². The molecule has 3 aromatic rings. The largest absolute Gasteiger partial charge is 0.486 e. The summed E-state index contributed by atoms with van der Waals surface area (Å²) in [5.74, 6) is 1.69. The lowest BCUT2D eigenvalue weighted by Gasteiger charge is -2.30. The Kier molecular flexibility index (Phi) is 6.41. The van der Waals surface area contributed by atoms with Crippen molar-refractivity contribution in [3.8, 4) is 17.2 Å². The van der Waals surface area contributed by atoms with Gasteiger partial charge in [-0.05, 0) is 60.5 Å². The number of nitrogens with zero attached hydrogens (tertiary/aromatic N) is 5. The monoisotopic (exact) mass is 439 g/mol. The van der Waals surface area contributed by atoms with Crippen molar-refractivity contribution in [2.24, 2.45) is 0 Å². The summed E-state index contributed by atoms with van der Waals surface area (Å²) in [4.78, 5) is 14.7. The van der Waals surface area contributed by atoms with Crippen molar-refractivity contribution in [2.45, 2.75) is 32.0 Å². The Morgan fingerprint density at radius 2 is 2.00 bits per heavy atom. The summed E-state index contributed by atoms with van der Waals surface area (Å²) in [5.41, 5.74) is 3.18. The fraction of sp³-hybridized carbons (Fsp3) is 0.364. The molecule has 2 aromatic carbocycles. The normalized spacial score (nSPS) is 15.0. The summed E-state index contributed by atoms with van der Waals surface area (Å²) in [6.07, 6.45) is -0.205. The molecule has 1 atom stereocenters. The van der Waals surface area contributed by atoms with Crippen LogP contribution in [0.25, 0.3) is 5.69 Å². The maximum absolute atomic E-state index is 12.9. The number of aryl methyl sites for hydroxylation is 1. The van der Waals surface area contributed by atoms with Gasteiger partial charge < -0.3 is 14.4 Å². The molecular weight excluding hydrogens is 414 g/mol. The molecule has 9 heteroatoms. The molecule has 8 nitrogen and oxygen atoms in total. The molecular formula is C22H25N5O3S. The highest BCUT2D eigenvalue weighted by Gasteiger charge is 2.25. The van der Waals surface area contributed by atoms with Crippen molar-refractivity contribution in [3.05, 3.63) is 53.6 Å². The number of benzene rings is 2. The number of ether oxygens (including phenoxy) is 2. The van der Waals surface area contributed by atoms with Crippen LogP contribution in [0, 0.1) is 13.8 Å². The zero-order chi connectivity index (χ0) is 21.8. The molecule has 1 aliphatic rings. The van der Waals surface area contributed by atoms with Crippen LogP contribution < -0.4 is 9.47 Å². The fourth-order valence-electron chi connectivity index (χ4n) is 3.41. The summed E-state index contributed by atoms with van der Waals surface area (Å²) in [6.45, 7) is 7.51. The van der Waals surface area contributed by atoms with E-state index in [0.29, 0.717) is 30.6 Å². The second-order valence-corrected chi connectivity index (χ2v) is 8.25. The fourth-order valence-corrected chi connectivity index (χ4v) is 4.20. The molecule has 0 saturated heterocycles. The zero-order valence-corrected chi connectivity index (χ0v) is 18.6. The van der Waals surface area contributed by atoms with E-state index in [0.717, 1.165) is 22.6 Å². The highest BCUT2D eigenvalue weighted by molar-refractivity contribution is 7.99. The third kappa shape index (κ3) is 4.66. The van der Waals surface area contributed by atoms with E-state index in [1.54, 1.807) is 9.58 Å². The Morgan fingerprint density at radius 3 is 2.81 bits per heavy atom. The zero-order valence-electron chi connectivity index (χ0n) is 17.8. The number of fused-ring (bicyclic) bond motifs is 1. The Balaban J connectivity index is 1.39. The summed E-state index contributed by atoms with van der Waals surface area (Å²) in [5, 5.41) is 12.6. The van der Waals surface area contributed by atoms with Gasteiger partial charge in [0.05, 0.1) is 18.0 Å². The van der Waals surface area contributed by atoms with E-state index in [1.807, 2.05) is 63.2 Å². The van der Waals surface area contributed by atoms with Crippen molar-refractivity contribution in [2.75, 3.05) is 25.4 Å². The molecule has 2 heterocycles. The molecule has 0 aliphatic carbocycles. The van der Waals surface area contributed by atoms with Crippen LogP contribution in [0.3, 0.4) is 0 Å². The van der Waals surface area contributed by atoms with Gasteiger partial charge >= 0.3 is 0 Å². The topological polar surface area (TPSA) is 82.4 Å². The first-order valence-electron chi connectivity index (χ1n) is 10.2. The predicted octanol–water partition coefficient (Wildman–Crippen LogP) is 3.06. The first-order valence-corrected chi connectivity index (χ1v) is 11.2. The number of likely N-dealkylation sites (N-methyl/N-ethyl adjacent to an activating group) is 1. The van der Waals surface area contributed by atoms with Gasteiger partial charge in [0.15, 0.2) is 17.6 Å². The molecule has 0 bridgehead atoms. The molecule has 31 heavy (non-hydrogen) atoms. The maximum atomic E-state index is 12.9. The standard InChI is InChI=1S/C22H25N5O3S/c1-4-26(12-17-13-29-19-10-5-6-11-20(19)30-17)21(28)14-31-22-23-24-25-27(22)18-9-7-8-15(2)16(18)3/h5-11,17H,4,12-14H2,1-3H3. The van der Waals surface area contributed by atoms with Crippen LogP contribution in [0.5, 0.6) is 11.5 Å². The van der Waals surface area contributed by atoms with Crippen molar-refractivity contribution in [3.63, 3.8) is 0 Å². The van der Waals surface area contributed by atoms with Crippen molar-refractivity contribution < 1.29 is 14.3 Å². The molecule has 4 rings (SSSR count). The van der Waals surface area contributed by atoms with Gasteiger partial charge in [-0.25, -0.2) is 0 Å². The summed E-state index contributed by atoms with van der Waals surface area (Å²) < 4.78 is 13.5. The Labute approximate surface area is 185 Å². The third-order valence-electron chi connectivity index (χ3n) is 5.30. The number of hydrogen-bond donors (Lipinski definition) is 0. The van der Waals surface area contributed by atoms with Crippen LogP contribution in [0.4, 0.5) is 0 Å². The van der Waals surface area contributed by atoms with Crippen molar-refractivity contribution in [1.82, 2.24) is 25.1 Å². The smallest absolute Gasteiger partial charge is 0.233 e. The van der Waals surface area contributed by atoms with E-state index in [1.165, 1.54) is 11.8 Å². The van der Waals surface area contributed by atoms with Crippen LogP contribution in [0.1, 0.15) is 18.1 Å². The van der Waals surface area contributed by atoms with Crippen LogP contribution in [-0.4, -0.2) is 62.6 Å². The van der Waals surface area contributed by atoms with Crippen molar-refractivity contribution >= 4 is 17.7 Å². The molecule has 1 aliphatic heterocycles. The molecule has 1 amide bonds. The highest BCUT2D eigenvalue weighted by Crippen LogP contribution is 2.31. The van der Waals surface area contributed by atoms with E-state index >= 15 is 0 Å². The van der Waals surface area contributed by atoms with Crippen LogP contribution >= 0.6 is 11.8 Å². The van der Waals surface area contributed by atoms with E-state index in [9.17, 15) is 4.79 Å². The van der Waals surface area contributed by atoms with Gasteiger partial charge in [-0.15, -0.1) is 5.10 Å². The van der Waals surface area contributed by atoms with Gasteiger partial charge in [-0.3, -0.25) is 4.79 Å². The van der Waals surface area contributed by atoms with Crippen LogP contribution in [0.15, 0.2) is 47.6 Å². The minimum Gasteiger partial charge on any atom is -0.486 e. The van der Waals surface area contributed by atoms with Crippen molar-refractivity contribution in [1.29, 1.82) is 0 Å². The first-order chi connectivity index (χ1) is 15.1. The number of aromatic nitrogens is 4. The Bertz CT molecular complexity index is 1070. The maximum Gasteiger partial charge on any atom is 0.233 e. The SMILES string of the molecule is CCN(CC1COc2ccccc2O1)C(=O)CSc1nnnn1-c1cccc(C)c1C. The van der Waals surface area contributed by atoms with Crippen LogP contribution in [0.2, 0.25) is 0 Å². The number of tetrazole rings is 1. The number of thioether (sulfide) groups is 1. The number of rotatable bonds is 7. The van der Waals surface area contributed by atoms with Gasteiger partial charge in [0.2, 0.25) is 11.1 Å². The molecule has 1 aromatic heterocycles. The number of carbonyl (C=O) groups excluding carboxylic acids is 1. The lowest BCUT2D eigenvalue weighted by atomic mass is 10.1. The molecule has 162 valence electrons. The molecule has 0 fully saturated rings. The van der Waals surface area contributed by atoms with Gasteiger partial charge in [-0.2, -0.15) is 4.68 Å². The number of carbonyl (C=O) groups is 1. The minimum absolute atomic E-state index is 0.00507. The van der Waals surface area contributed by atoms with Gasteiger partial charge in [0.25, 0.3) is 0 Å². The van der Waals surface area contributed by atoms with E-state index in [4.69, 9.17) is 9.47 Å². The number of hydrogen-bond acceptors (Lipinski definition) is 7. The highest BCUT2D eigenvalue weighted by atomic mass is 32.2. The second kappa shape index (κ2) is 9.38. The minimum atomic E-state index is -0.205. The van der Waals surface area contributed by atoms with E-state index in [2.05, 4.69) is 15.5 Å². The molecule has 0 N–H and O–H groups in total. The van der Waals surface area contributed by atoms with Gasteiger partial charge in [0, 0.05) is 6.54 Å². The van der Waals surface area contributed by atoms with E-state index < -0.39 is 0 Å². The molecule has 1 unspecified atom stereocenters. The molecule has 0 spiro atoms. The lowest BCUT2D eigenvalue weighted by molar-refractivity contribution is -0.129. The summed E-state index contributed by atoms with van der Waals surface area (Å²) in [7, 11) is 0. The second-order valence-electron chi connectivity index (χ2n) is 7.31. The average molecular weight is 440 g/mol. The molecule has 0 radical (unpaired) electrons. The predicted molar refractivity (Wildman–Crippen MR) is 118 cm³/mol. The third-order valence-corrected chi connectivity index (χ3v) is 6.20. The average Bonchev–Trinajstić information content (AvgIpc) is 3.26. The lowest BCUT2D eigenvalue weighted by Crippen LogP contribution is -2.44. The summed E-state index contributed by atoms with van der Waals surface area (Å²) in [6, 6.07) is 13.6. The van der Waals surface area contributed by atoms with Crippen LogP contribution in [-0.2, 0) is 4.79 Å². The summed E-state index contributed by atoms with van der Waals surface area (Å²) >= 11 is 1.33. The van der Waals surface area contributed by atoms with Gasteiger partial charge in [-0.1, -0.05) is 36.0 Å². The quantitative estimate of drug-likeness (QED) is 0.523.